The number of nitrogens with zero attached hydrogens (tertiary/aromatic N) is 2. The van der Waals surface area contributed by atoms with Crippen molar-refractivity contribution in [3.05, 3.63) is 12.2 Å². The fourth-order valence-electron chi connectivity index (χ4n) is 1.06. The van der Waals surface area contributed by atoms with Crippen molar-refractivity contribution in [1.29, 1.82) is 0 Å². The zero-order chi connectivity index (χ0) is 11.9. The van der Waals surface area contributed by atoms with E-state index in [1.165, 1.54) is 6.33 Å². The Morgan fingerprint density at radius 2 is 2.38 bits per heavy atom. The molecule has 1 aromatic heterocycles. The Morgan fingerprint density at radius 1 is 1.56 bits per heavy atom. The van der Waals surface area contributed by atoms with Gasteiger partial charge in [0.2, 0.25) is 10.0 Å². The molecule has 0 fully saturated rings. The molecule has 0 bridgehead atoms. The van der Waals surface area contributed by atoms with Crippen LogP contribution >= 0.6 is 0 Å². The molecule has 2 N–H and O–H groups in total. The summed E-state index contributed by atoms with van der Waals surface area (Å²) in [6.07, 6.45) is 1.88. The maximum absolute atomic E-state index is 11.4. The summed E-state index contributed by atoms with van der Waals surface area (Å²) in [5, 5.41) is 6.32. The smallest absolute Gasteiger partial charge is 0.213 e. The maximum Gasteiger partial charge on any atom is 0.213 e. The van der Waals surface area contributed by atoms with Gasteiger partial charge in [0.05, 0.1) is 12.4 Å². The summed E-state index contributed by atoms with van der Waals surface area (Å²) in [6, 6.07) is 0. The molecule has 0 unspecified atom stereocenters. The Balaban J connectivity index is 2.20. The predicted molar refractivity (Wildman–Crippen MR) is 58.4 cm³/mol. The molecule has 0 aliphatic rings. The van der Waals surface area contributed by atoms with Crippen molar-refractivity contribution in [3.8, 4) is 0 Å². The molecule has 1 rings (SSSR count). The monoisotopic (exact) mass is 248 g/mol. The van der Waals surface area contributed by atoms with Crippen LogP contribution in [0.15, 0.2) is 6.33 Å². The van der Waals surface area contributed by atoms with E-state index in [1.54, 1.807) is 0 Å². The first-order chi connectivity index (χ1) is 7.64. The van der Waals surface area contributed by atoms with Gasteiger partial charge in [-0.2, -0.15) is 5.10 Å². The van der Waals surface area contributed by atoms with Crippen molar-refractivity contribution in [3.63, 3.8) is 0 Å². The van der Waals surface area contributed by atoms with Crippen LogP contribution in [0.25, 0.3) is 0 Å². The van der Waals surface area contributed by atoms with Crippen LogP contribution in [0.4, 0.5) is 0 Å². The van der Waals surface area contributed by atoms with E-state index in [0.717, 1.165) is 0 Å². The highest BCUT2D eigenvalue weighted by Gasteiger charge is 2.09. The second-order valence-electron chi connectivity index (χ2n) is 3.09. The van der Waals surface area contributed by atoms with Crippen molar-refractivity contribution >= 4 is 10.0 Å². The topological polar surface area (TPSA) is 97.0 Å². The van der Waals surface area contributed by atoms with E-state index in [0.29, 0.717) is 25.4 Å². The third-order valence-corrected chi connectivity index (χ3v) is 3.20. The van der Waals surface area contributed by atoms with Gasteiger partial charge in [-0.05, 0) is 6.92 Å². The molecule has 0 aliphatic heterocycles. The van der Waals surface area contributed by atoms with E-state index >= 15 is 0 Å². The zero-order valence-corrected chi connectivity index (χ0v) is 9.96. The molecule has 0 saturated carbocycles. The molecule has 0 radical (unpaired) electrons. The molecule has 0 spiro atoms. The second kappa shape index (κ2) is 6.56. The highest BCUT2D eigenvalue weighted by Crippen LogP contribution is 1.89. The number of sulfonamides is 1. The van der Waals surface area contributed by atoms with E-state index in [1.807, 2.05) is 6.92 Å². The lowest BCUT2D eigenvalue weighted by molar-refractivity contribution is 0.163. The molecule has 7 nitrogen and oxygen atoms in total. The number of ether oxygens (including phenoxy) is 1. The standard InChI is InChI=1S/C8H16N4O3S/c1-2-15-5-6-16(13,14)11-4-3-8-9-7-10-12-8/h7,11H,2-6H2,1H3,(H,9,10,12). The van der Waals surface area contributed by atoms with Crippen LogP contribution in [-0.2, 0) is 21.2 Å². The first-order valence-corrected chi connectivity index (χ1v) is 6.68. The Hall–Kier alpha value is -0.990. The average molecular weight is 248 g/mol. The average Bonchev–Trinajstić information content (AvgIpc) is 2.70. The van der Waals surface area contributed by atoms with Gasteiger partial charge >= 0.3 is 0 Å². The molecule has 0 atom stereocenters. The normalized spacial score (nSPS) is 11.8. The Bertz CT molecular complexity index is 376. The maximum atomic E-state index is 11.4. The van der Waals surface area contributed by atoms with Crippen molar-refractivity contribution < 1.29 is 13.2 Å². The van der Waals surface area contributed by atoms with Gasteiger partial charge in [0.15, 0.2) is 0 Å². The minimum atomic E-state index is -3.24. The summed E-state index contributed by atoms with van der Waals surface area (Å²) in [4.78, 5) is 3.89. The quantitative estimate of drug-likeness (QED) is 0.593. The van der Waals surface area contributed by atoms with Crippen LogP contribution in [0.1, 0.15) is 12.7 Å². The minimum Gasteiger partial charge on any atom is -0.381 e. The van der Waals surface area contributed by atoms with E-state index in [-0.39, 0.29) is 12.4 Å². The van der Waals surface area contributed by atoms with E-state index < -0.39 is 10.0 Å². The molecule has 1 heterocycles. The van der Waals surface area contributed by atoms with E-state index in [9.17, 15) is 8.42 Å². The van der Waals surface area contributed by atoms with Gasteiger partial charge in [-0.25, -0.2) is 18.1 Å². The molecule has 0 saturated heterocycles. The first kappa shape index (κ1) is 13.1. The number of hydrogen-bond acceptors (Lipinski definition) is 5. The molecule has 0 aliphatic carbocycles. The highest BCUT2D eigenvalue weighted by atomic mass is 32.2. The molecule has 8 heteroatoms. The van der Waals surface area contributed by atoms with Crippen molar-refractivity contribution in [1.82, 2.24) is 19.9 Å². The Kier molecular flexibility index (Phi) is 5.36. The Labute approximate surface area is 94.7 Å². The summed E-state index contributed by atoms with van der Waals surface area (Å²) in [5.74, 6) is 0.643. The fraction of sp³-hybridized carbons (Fsp3) is 0.750. The predicted octanol–water partition coefficient (Wildman–Crippen LogP) is -0.697. The fourth-order valence-corrected chi connectivity index (χ4v) is 1.96. The largest absolute Gasteiger partial charge is 0.381 e. The lowest BCUT2D eigenvalue weighted by Crippen LogP contribution is -2.30. The van der Waals surface area contributed by atoms with Crippen LogP contribution in [0.5, 0.6) is 0 Å². The number of rotatable bonds is 8. The second-order valence-corrected chi connectivity index (χ2v) is 5.02. The van der Waals surface area contributed by atoms with Gasteiger partial charge in [-0.3, -0.25) is 5.10 Å². The lowest BCUT2D eigenvalue weighted by atomic mass is 10.4. The Morgan fingerprint density at radius 3 is 3.00 bits per heavy atom. The number of hydrogen-bond donors (Lipinski definition) is 2. The molecular formula is C8H16N4O3S. The summed E-state index contributed by atoms with van der Waals surface area (Å²) in [7, 11) is -3.24. The first-order valence-electron chi connectivity index (χ1n) is 5.03. The van der Waals surface area contributed by atoms with Gasteiger partial charge in [0, 0.05) is 19.6 Å². The lowest BCUT2D eigenvalue weighted by Gasteiger charge is -2.05. The van der Waals surface area contributed by atoms with E-state index in [4.69, 9.17) is 4.74 Å². The molecule has 16 heavy (non-hydrogen) atoms. The van der Waals surface area contributed by atoms with Gasteiger partial charge < -0.3 is 4.74 Å². The summed E-state index contributed by atoms with van der Waals surface area (Å²) in [6.45, 7) is 2.87. The van der Waals surface area contributed by atoms with Crippen LogP contribution < -0.4 is 4.72 Å². The highest BCUT2D eigenvalue weighted by molar-refractivity contribution is 7.89. The van der Waals surface area contributed by atoms with Crippen LogP contribution in [0.3, 0.4) is 0 Å². The van der Waals surface area contributed by atoms with Gasteiger partial charge in [0.1, 0.15) is 12.2 Å². The summed E-state index contributed by atoms with van der Waals surface area (Å²) >= 11 is 0. The van der Waals surface area contributed by atoms with E-state index in [2.05, 4.69) is 19.9 Å². The number of aromatic amines is 1. The summed E-state index contributed by atoms with van der Waals surface area (Å²) in [5.41, 5.74) is 0. The molecule has 92 valence electrons. The van der Waals surface area contributed by atoms with Crippen LogP contribution in [0, 0.1) is 0 Å². The zero-order valence-electron chi connectivity index (χ0n) is 9.14. The van der Waals surface area contributed by atoms with Crippen molar-refractivity contribution in [2.45, 2.75) is 13.3 Å². The van der Waals surface area contributed by atoms with Crippen molar-refractivity contribution in [2.75, 3.05) is 25.5 Å². The minimum absolute atomic E-state index is 0.0166. The van der Waals surface area contributed by atoms with Gasteiger partial charge in [-0.15, -0.1) is 0 Å². The molecular weight excluding hydrogens is 232 g/mol. The summed E-state index contributed by atoms with van der Waals surface area (Å²) < 4.78 is 30.2. The number of H-pyrrole nitrogens is 1. The third kappa shape index (κ3) is 5.19. The number of aromatic nitrogens is 3. The molecule has 1 aromatic rings. The SMILES string of the molecule is CCOCCS(=O)(=O)NCCc1ncn[nH]1. The van der Waals surface area contributed by atoms with Crippen molar-refractivity contribution in [2.24, 2.45) is 0 Å². The van der Waals surface area contributed by atoms with Gasteiger partial charge in [-0.1, -0.05) is 0 Å². The third-order valence-electron chi connectivity index (χ3n) is 1.85. The number of nitrogens with one attached hydrogen (secondary N) is 2. The van der Waals surface area contributed by atoms with Gasteiger partial charge in [0.25, 0.3) is 0 Å². The molecule has 0 amide bonds. The van der Waals surface area contributed by atoms with Crippen LogP contribution in [0.2, 0.25) is 0 Å². The molecule has 0 aromatic carbocycles. The van der Waals surface area contributed by atoms with Crippen LogP contribution in [-0.4, -0.2) is 49.1 Å².